The van der Waals surface area contributed by atoms with Gasteiger partial charge < -0.3 is 4.74 Å². The van der Waals surface area contributed by atoms with E-state index in [2.05, 4.69) is 6.07 Å². The van der Waals surface area contributed by atoms with E-state index in [0.717, 1.165) is 12.2 Å². The number of rotatable bonds is 4. The van der Waals surface area contributed by atoms with Crippen LogP contribution in [0, 0.1) is 0 Å². The molecule has 0 unspecified atom stereocenters. The molecule has 0 heterocycles. The first-order valence-corrected chi connectivity index (χ1v) is 4.68. The maximum Gasteiger partial charge on any atom is 0.119 e. The number of ether oxygens (including phenoxy) is 1. The third-order valence-electron chi connectivity index (χ3n) is 1.59. The molecule has 0 radical (unpaired) electrons. The summed E-state index contributed by atoms with van der Waals surface area (Å²) in [6, 6.07) is 8.05. The topological polar surface area (TPSA) is 9.23 Å². The second-order valence-corrected chi connectivity index (χ2v) is 2.90. The lowest BCUT2D eigenvalue weighted by Crippen LogP contribution is -1.92. The van der Waals surface area contributed by atoms with E-state index < -0.39 is 0 Å². The predicted molar refractivity (Wildman–Crippen MR) is 52.0 cm³/mol. The molecule has 0 saturated carbocycles. The Hall–Kier alpha value is -0.690. The second-order valence-electron chi connectivity index (χ2n) is 2.52. The molecule has 0 bridgehead atoms. The second kappa shape index (κ2) is 5.04. The van der Waals surface area contributed by atoms with Crippen LogP contribution in [0.15, 0.2) is 24.3 Å². The molecule has 66 valence electrons. The molecule has 1 aromatic rings. The smallest absolute Gasteiger partial charge is 0.119 e. The van der Waals surface area contributed by atoms with Crippen molar-refractivity contribution in [2.24, 2.45) is 0 Å². The lowest BCUT2D eigenvalue weighted by atomic mass is 10.2. The zero-order valence-electron chi connectivity index (χ0n) is 7.22. The van der Waals surface area contributed by atoms with Gasteiger partial charge in [0.1, 0.15) is 5.75 Å². The first-order chi connectivity index (χ1) is 5.86. The normalized spacial score (nSPS) is 9.83. The highest BCUT2D eigenvalue weighted by Gasteiger charge is 1.94. The van der Waals surface area contributed by atoms with Crippen molar-refractivity contribution in [1.29, 1.82) is 0 Å². The molecule has 1 nitrogen and oxygen atoms in total. The van der Waals surface area contributed by atoms with Crippen LogP contribution in [0.4, 0.5) is 0 Å². The number of halogens is 1. The van der Waals surface area contributed by atoms with Crippen LogP contribution in [0.1, 0.15) is 12.5 Å². The molecule has 0 amide bonds. The zero-order valence-corrected chi connectivity index (χ0v) is 7.97. The van der Waals surface area contributed by atoms with Gasteiger partial charge in [0, 0.05) is 5.88 Å². The summed E-state index contributed by atoms with van der Waals surface area (Å²) in [5, 5.41) is 0. The molecule has 0 atom stereocenters. The molecule has 1 aromatic carbocycles. The third-order valence-corrected chi connectivity index (χ3v) is 1.78. The summed E-state index contributed by atoms with van der Waals surface area (Å²) in [6.07, 6.45) is 0.905. The van der Waals surface area contributed by atoms with Gasteiger partial charge in [0.15, 0.2) is 0 Å². The van der Waals surface area contributed by atoms with Crippen LogP contribution >= 0.6 is 11.6 Å². The van der Waals surface area contributed by atoms with Crippen LogP contribution in [0.2, 0.25) is 0 Å². The molecule has 0 spiro atoms. The average Bonchev–Trinajstić information content (AvgIpc) is 2.06. The third kappa shape index (κ3) is 2.74. The summed E-state index contributed by atoms with van der Waals surface area (Å²) in [4.78, 5) is 0. The van der Waals surface area contributed by atoms with E-state index in [-0.39, 0.29) is 0 Å². The molecule has 0 saturated heterocycles. The fraction of sp³-hybridized carbons (Fsp3) is 0.400. The molecule has 12 heavy (non-hydrogen) atoms. The predicted octanol–water partition coefficient (Wildman–Crippen LogP) is 2.87. The molecule has 0 aliphatic carbocycles. The number of hydrogen-bond acceptors (Lipinski definition) is 1. The quantitative estimate of drug-likeness (QED) is 0.654. The minimum atomic E-state index is 0.662. The minimum Gasteiger partial charge on any atom is -0.494 e. The Balaban J connectivity index is 2.67. The van der Waals surface area contributed by atoms with Gasteiger partial charge in [0.05, 0.1) is 6.61 Å². The number of alkyl halides is 1. The van der Waals surface area contributed by atoms with Crippen molar-refractivity contribution in [1.82, 2.24) is 0 Å². The van der Waals surface area contributed by atoms with Gasteiger partial charge in [-0.2, -0.15) is 0 Å². The van der Waals surface area contributed by atoms with Crippen LogP contribution in [0.5, 0.6) is 5.75 Å². The number of benzene rings is 1. The van der Waals surface area contributed by atoms with E-state index in [1.807, 2.05) is 25.1 Å². The molecule has 0 aliphatic rings. The van der Waals surface area contributed by atoms with Crippen molar-refractivity contribution in [3.8, 4) is 5.75 Å². The van der Waals surface area contributed by atoms with Gasteiger partial charge in [-0.15, -0.1) is 11.6 Å². The number of aryl methyl sites for hydroxylation is 1. The Labute approximate surface area is 78.3 Å². The Morgan fingerprint density at radius 3 is 2.92 bits per heavy atom. The standard InChI is InChI=1S/C10H13ClO/c1-2-12-10-5-3-4-9(8-10)6-7-11/h3-5,8H,2,6-7H2,1H3. The molecule has 0 aliphatic heterocycles. The summed E-state index contributed by atoms with van der Waals surface area (Å²) in [7, 11) is 0. The maximum atomic E-state index is 5.62. The Kier molecular flexibility index (Phi) is 3.95. The average molecular weight is 185 g/mol. The van der Waals surface area contributed by atoms with Gasteiger partial charge >= 0.3 is 0 Å². The molecular formula is C10H13ClO. The van der Waals surface area contributed by atoms with E-state index >= 15 is 0 Å². The molecule has 0 aromatic heterocycles. The summed E-state index contributed by atoms with van der Waals surface area (Å²) >= 11 is 5.62. The Bertz CT molecular complexity index is 214. The highest BCUT2D eigenvalue weighted by molar-refractivity contribution is 6.17. The first kappa shape index (κ1) is 9.40. The van der Waals surface area contributed by atoms with Gasteiger partial charge in [0.25, 0.3) is 0 Å². The van der Waals surface area contributed by atoms with Gasteiger partial charge in [-0.3, -0.25) is 0 Å². The zero-order chi connectivity index (χ0) is 8.81. The van der Waals surface area contributed by atoms with Crippen molar-refractivity contribution >= 4 is 11.6 Å². The Morgan fingerprint density at radius 2 is 2.25 bits per heavy atom. The van der Waals surface area contributed by atoms with Crippen LogP contribution in [0.3, 0.4) is 0 Å². The maximum absolute atomic E-state index is 5.62. The van der Waals surface area contributed by atoms with E-state index in [1.54, 1.807) is 0 Å². The fourth-order valence-electron chi connectivity index (χ4n) is 1.07. The summed E-state index contributed by atoms with van der Waals surface area (Å²) in [6.45, 7) is 2.69. The first-order valence-electron chi connectivity index (χ1n) is 4.14. The van der Waals surface area contributed by atoms with Crippen molar-refractivity contribution < 1.29 is 4.74 Å². The minimum absolute atomic E-state index is 0.662. The molecule has 0 N–H and O–H groups in total. The highest BCUT2D eigenvalue weighted by atomic mass is 35.5. The van der Waals surface area contributed by atoms with Gasteiger partial charge in [-0.05, 0) is 31.0 Å². The van der Waals surface area contributed by atoms with Crippen molar-refractivity contribution in [2.45, 2.75) is 13.3 Å². The monoisotopic (exact) mass is 184 g/mol. The fourth-order valence-corrected chi connectivity index (χ4v) is 1.28. The van der Waals surface area contributed by atoms with E-state index in [4.69, 9.17) is 16.3 Å². The van der Waals surface area contributed by atoms with Crippen LogP contribution in [0.25, 0.3) is 0 Å². The van der Waals surface area contributed by atoms with E-state index in [0.29, 0.717) is 12.5 Å². The summed E-state index contributed by atoms with van der Waals surface area (Å²) in [5.41, 5.74) is 1.23. The molecule has 1 rings (SSSR count). The summed E-state index contributed by atoms with van der Waals surface area (Å²) < 4.78 is 5.35. The Morgan fingerprint density at radius 1 is 1.42 bits per heavy atom. The van der Waals surface area contributed by atoms with Crippen LogP contribution in [-0.2, 0) is 6.42 Å². The summed E-state index contributed by atoms with van der Waals surface area (Å²) in [5.74, 6) is 1.59. The van der Waals surface area contributed by atoms with Crippen LogP contribution in [-0.4, -0.2) is 12.5 Å². The van der Waals surface area contributed by atoms with E-state index in [9.17, 15) is 0 Å². The lowest BCUT2D eigenvalue weighted by Gasteiger charge is -2.04. The molecule has 2 heteroatoms. The largest absolute Gasteiger partial charge is 0.494 e. The highest BCUT2D eigenvalue weighted by Crippen LogP contribution is 2.13. The van der Waals surface area contributed by atoms with Crippen molar-refractivity contribution in [3.05, 3.63) is 29.8 Å². The SMILES string of the molecule is CCOc1cccc(CCCl)c1. The van der Waals surface area contributed by atoms with Crippen molar-refractivity contribution in [3.63, 3.8) is 0 Å². The lowest BCUT2D eigenvalue weighted by molar-refractivity contribution is 0.340. The van der Waals surface area contributed by atoms with Crippen molar-refractivity contribution in [2.75, 3.05) is 12.5 Å². The molecule has 0 fully saturated rings. The van der Waals surface area contributed by atoms with Gasteiger partial charge in [0.2, 0.25) is 0 Å². The number of hydrogen-bond donors (Lipinski definition) is 0. The molecular weight excluding hydrogens is 172 g/mol. The van der Waals surface area contributed by atoms with Crippen LogP contribution < -0.4 is 4.74 Å². The van der Waals surface area contributed by atoms with E-state index in [1.165, 1.54) is 5.56 Å². The van der Waals surface area contributed by atoms with Gasteiger partial charge in [-0.1, -0.05) is 12.1 Å². The van der Waals surface area contributed by atoms with Gasteiger partial charge in [-0.25, -0.2) is 0 Å².